The summed E-state index contributed by atoms with van der Waals surface area (Å²) in [4.78, 5) is 0. The van der Waals surface area contributed by atoms with Crippen LogP contribution in [0.25, 0.3) is 0 Å². The standard InChI is InChI=1S/C12H22N/c1-2-3-4-5-6-7-8-9-10-11-12-13/h13H,2-5,8-12H2,1H3. The van der Waals surface area contributed by atoms with Gasteiger partial charge in [-0.25, -0.2) is 0 Å². The summed E-state index contributed by atoms with van der Waals surface area (Å²) in [6, 6.07) is 0. The van der Waals surface area contributed by atoms with Crippen molar-refractivity contribution >= 4 is 0 Å². The first kappa shape index (κ1) is 12.5. The molecule has 0 aromatic rings. The van der Waals surface area contributed by atoms with Gasteiger partial charge in [0, 0.05) is 19.4 Å². The fourth-order valence-electron chi connectivity index (χ4n) is 1.16. The van der Waals surface area contributed by atoms with Crippen LogP contribution in [-0.4, -0.2) is 6.54 Å². The van der Waals surface area contributed by atoms with E-state index in [1.807, 2.05) is 0 Å². The van der Waals surface area contributed by atoms with Gasteiger partial charge in [0.1, 0.15) is 0 Å². The van der Waals surface area contributed by atoms with E-state index in [1.54, 1.807) is 0 Å². The smallest absolute Gasteiger partial charge is 0.00997 e. The predicted molar refractivity (Wildman–Crippen MR) is 58.3 cm³/mol. The summed E-state index contributed by atoms with van der Waals surface area (Å²) < 4.78 is 0. The van der Waals surface area contributed by atoms with Crippen LogP contribution < -0.4 is 5.73 Å². The summed E-state index contributed by atoms with van der Waals surface area (Å²) in [7, 11) is 0. The SMILES string of the molecule is CCCCCC#CCCCCC[NH]. The van der Waals surface area contributed by atoms with Gasteiger partial charge in [-0.3, -0.25) is 5.73 Å². The van der Waals surface area contributed by atoms with E-state index in [0.717, 1.165) is 19.3 Å². The topological polar surface area (TPSA) is 23.8 Å². The molecule has 0 fully saturated rings. The maximum absolute atomic E-state index is 6.96. The van der Waals surface area contributed by atoms with Crippen LogP contribution in [0.1, 0.15) is 58.3 Å². The first-order valence-corrected chi connectivity index (χ1v) is 5.52. The highest BCUT2D eigenvalue weighted by molar-refractivity contribution is 4.98. The minimum Gasteiger partial charge on any atom is -0.258 e. The minimum atomic E-state index is 0.573. The highest BCUT2D eigenvalue weighted by atomic mass is 14.5. The van der Waals surface area contributed by atoms with Crippen LogP contribution in [0.2, 0.25) is 0 Å². The van der Waals surface area contributed by atoms with Crippen molar-refractivity contribution in [3.05, 3.63) is 0 Å². The molecule has 0 saturated carbocycles. The molecule has 0 aromatic heterocycles. The summed E-state index contributed by atoms with van der Waals surface area (Å²) in [5.41, 5.74) is 6.96. The maximum Gasteiger partial charge on any atom is 0.00997 e. The molecule has 0 amide bonds. The van der Waals surface area contributed by atoms with Crippen LogP contribution in [0.4, 0.5) is 0 Å². The number of nitrogens with one attached hydrogen (secondary N) is 1. The fourth-order valence-corrected chi connectivity index (χ4v) is 1.16. The lowest BCUT2D eigenvalue weighted by Crippen LogP contribution is -1.84. The lowest BCUT2D eigenvalue weighted by atomic mass is 10.2. The molecule has 0 rings (SSSR count). The Morgan fingerprint density at radius 1 is 0.846 bits per heavy atom. The lowest BCUT2D eigenvalue weighted by Gasteiger charge is -1.92. The summed E-state index contributed by atoms with van der Waals surface area (Å²) in [6.07, 6.45) is 9.36. The Morgan fingerprint density at radius 3 is 2.00 bits per heavy atom. The van der Waals surface area contributed by atoms with Gasteiger partial charge < -0.3 is 0 Å². The molecule has 0 aliphatic rings. The summed E-state index contributed by atoms with van der Waals surface area (Å²) in [5, 5.41) is 0. The first-order valence-electron chi connectivity index (χ1n) is 5.52. The fraction of sp³-hybridized carbons (Fsp3) is 0.833. The van der Waals surface area contributed by atoms with Gasteiger partial charge in [-0.2, -0.15) is 0 Å². The molecule has 0 aromatic carbocycles. The quantitative estimate of drug-likeness (QED) is 0.423. The minimum absolute atomic E-state index is 0.573. The van der Waals surface area contributed by atoms with Crippen molar-refractivity contribution in [3.8, 4) is 11.8 Å². The Kier molecular flexibility index (Phi) is 11.1. The second-order valence-corrected chi connectivity index (χ2v) is 3.37. The van der Waals surface area contributed by atoms with Gasteiger partial charge in [-0.15, -0.1) is 11.8 Å². The first-order chi connectivity index (χ1) is 6.41. The van der Waals surface area contributed by atoms with Crippen molar-refractivity contribution in [1.29, 1.82) is 0 Å². The van der Waals surface area contributed by atoms with Gasteiger partial charge in [-0.1, -0.05) is 26.2 Å². The van der Waals surface area contributed by atoms with Crippen LogP contribution in [-0.2, 0) is 0 Å². The zero-order chi connectivity index (χ0) is 9.78. The van der Waals surface area contributed by atoms with Crippen molar-refractivity contribution in [2.75, 3.05) is 6.54 Å². The van der Waals surface area contributed by atoms with E-state index in [2.05, 4.69) is 18.8 Å². The normalized spacial score (nSPS) is 9.38. The van der Waals surface area contributed by atoms with Crippen molar-refractivity contribution in [2.24, 2.45) is 0 Å². The second kappa shape index (κ2) is 11.5. The molecular weight excluding hydrogens is 158 g/mol. The van der Waals surface area contributed by atoms with Gasteiger partial charge in [0.05, 0.1) is 0 Å². The maximum atomic E-state index is 6.96. The zero-order valence-electron chi connectivity index (χ0n) is 8.86. The number of hydrogen-bond donors (Lipinski definition) is 0. The van der Waals surface area contributed by atoms with E-state index in [1.165, 1.54) is 32.1 Å². The van der Waals surface area contributed by atoms with E-state index in [4.69, 9.17) is 5.73 Å². The lowest BCUT2D eigenvalue weighted by molar-refractivity contribution is 0.693. The van der Waals surface area contributed by atoms with Crippen molar-refractivity contribution in [2.45, 2.75) is 58.3 Å². The Labute approximate surface area is 83.1 Å². The Balaban J connectivity index is 3.02. The van der Waals surface area contributed by atoms with Crippen LogP contribution >= 0.6 is 0 Å². The molecular formula is C12H22N. The van der Waals surface area contributed by atoms with Gasteiger partial charge in [0.15, 0.2) is 0 Å². The van der Waals surface area contributed by atoms with Crippen LogP contribution in [0.5, 0.6) is 0 Å². The summed E-state index contributed by atoms with van der Waals surface area (Å²) in [6.45, 7) is 2.79. The predicted octanol–water partition coefficient (Wildman–Crippen LogP) is 3.41. The highest BCUT2D eigenvalue weighted by Gasteiger charge is 1.84. The molecule has 75 valence electrons. The molecule has 0 aliphatic heterocycles. The molecule has 0 heterocycles. The van der Waals surface area contributed by atoms with Crippen LogP contribution in [0.15, 0.2) is 0 Å². The molecule has 0 unspecified atom stereocenters. The van der Waals surface area contributed by atoms with Crippen LogP contribution in [0.3, 0.4) is 0 Å². The van der Waals surface area contributed by atoms with E-state index in [9.17, 15) is 0 Å². The molecule has 0 aliphatic carbocycles. The Hall–Kier alpha value is -0.480. The van der Waals surface area contributed by atoms with Gasteiger partial charge in [-0.05, 0) is 19.3 Å². The molecule has 1 nitrogen and oxygen atoms in total. The van der Waals surface area contributed by atoms with E-state index in [-0.39, 0.29) is 0 Å². The average molecular weight is 180 g/mol. The largest absolute Gasteiger partial charge is 0.258 e. The summed E-state index contributed by atoms with van der Waals surface area (Å²) >= 11 is 0. The third-order valence-corrected chi connectivity index (χ3v) is 2.01. The zero-order valence-corrected chi connectivity index (χ0v) is 8.86. The molecule has 0 saturated heterocycles. The molecule has 1 radical (unpaired) electrons. The van der Waals surface area contributed by atoms with Gasteiger partial charge in [0.25, 0.3) is 0 Å². The van der Waals surface area contributed by atoms with Crippen molar-refractivity contribution in [3.63, 3.8) is 0 Å². The Morgan fingerprint density at radius 2 is 1.46 bits per heavy atom. The van der Waals surface area contributed by atoms with E-state index < -0.39 is 0 Å². The Bertz CT molecular complexity index is 141. The summed E-state index contributed by atoms with van der Waals surface area (Å²) in [5.74, 6) is 6.39. The third kappa shape index (κ3) is 11.5. The molecule has 0 spiro atoms. The second-order valence-electron chi connectivity index (χ2n) is 3.37. The number of unbranched alkanes of at least 4 members (excludes halogenated alkanes) is 6. The van der Waals surface area contributed by atoms with Crippen molar-refractivity contribution in [1.82, 2.24) is 5.73 Å². The van der Waals surface area contributed by atoms with Gasteiger partial charge in [0.2, 0.25) is 0 Å². The molecule has 0 bridgehead atoms. The molecule has 0 atom stereocenters. The number of hydrogen-bond acceptors (Lipinski definition) is 0. The van der Waals surface area contributed by atoms with Crippen LogP contribution in [0, 0.1) is 11.8 Å². The van der Waals surface area contributed by atoms with Crippen molar-refractivity contribution < 1.29 is 0 Å². The molecule has 1 heteroatoms. The third-order valence-electron chi connectivity index (χ3n) is 2.01. The van der Waals surface area contributed by atoms with E-state index >= 15 is 0 Å². The molecule has 13 heavy (non-hydrogen) atoms. The highest BCUT2D eigenvalue weighted by Crippen LogP contribution is 1.99. The van der Waals surface area contributed by atoms with E-state index in [0.29, 0.717) is 6.54 Å². The monoisotopic (exact) mass is 180 g/mol. The number of rotatable bonds is 7. The molecule has 1 N–H and O–H groups in total. The average Bonchev–Trinajstić information content (AvgIpc) is 2.16. The van der Waals surface area contributed by atoms with Gasteiger partial charge >= 0.3 is 0 Å².